The van der Waals surface area contributed by atoms with Gasteiger partial charge in [-0.2, -0.15) is 9.61 Å². The summed E-state index contributed by atoms with van der Waals surface area (Å²) in [5.74, 6) is 0.830. The first-order valence-corrected chi connectivity index (χ1v) is 9.67. The Bertz CT molecular complexity index is 972. The van der Waals surface area contributed by atoms with E-state index in [0.29, 0.717) is 12.1 Å². The van der Waals surface area contributed by atoms with E-state index < -0.39 is 0 Å². The van der Waals surface area contributed by atoms with E-state index in [1.807, 2.05) is 24.3 Å². The molecule has 2 aromatic heterocycles. The molecule has 2 fully saturated rings. The second-order valence-electron chi connectivity index (χ2n) is 7.47. The summed E-state index contributed by atoms with van der Waals surface area (Å²) in [5, 5.41) is 13.1. The van der Waals surface area contributed by atoms with Gasteiger partial charge in [0.2, 0.25) is 5.65 Å². The zero-order valence-electron chi connectivity index (χ0n) is 16.2. The van der Waals surface area contributed by atoms with Crippen LogP contribution in [-0.4, -0.2) is 76.8 Å². The first-order valence-electron chi connectivity index (χ1n) is 9.67. The van der Waals surface area contributed by atoms with E-state index in [2.05, 4.69) is 33.0 Å². The molecule has 4 heterocycles. The molecule has 28 heavy (non-hydrogen) atoms. The third-order valence-electron chi connectivity index (χ3n) is 5.74. The van der Waals surface area contributed by atoms with Gasteiger partial charge in [-0.1, -0.05) is 0 Å². The normalized spacial score (nSPS) is 23.0. The predicted octanol–water partition coefficient (Wildman–Crippen LogP) is 1.71. The van der Waals surface area contributed by atoms with Crippen molar-refractivity contribution >= 4 is 11.3 Å². The van der Waals surface area contributed by atoms with Gasteiger partial charge in [-0.15, -0.1) is 10.2 Å². The standard InChI is InChI=1S/C20H24N6O2/c1-14-11-28-12-16-10-24(7-8-25(14)16)19-9-18(23-26-13-21-22-20(19)26)15-3-5-17(27-2)6-4-15/h3-6,9,13-14,16H,7-8,10-12H2,1-2H3/t14-,16+/m0/s1. The van der Waals surface area contributed by atoms with Crippen LogP contribution in [0.1, 0.15) is 6.92 Å². The number of anilines is 1. The van der Waals surface area contributed by atoms with Gasteiger partial charge in [-0.3, -0.25) is 4.90 Å². The van der Waals surface area contributed by atoms with Crippen LogP contribution in [0.15, 0.2) is 36.7 Å². The molecule has 0 aliphatic carbocycles. The molecule has 0 saturated carbocycles. The molecular formula is C20H24N6O2. The van der Waals surface area contributed by atoms with Gasteiger partial charge in [0, 0.05) is 31.2 Å². The number of nitrogens with zero attached hydrogens (tertiary/aromatic N) is 6. The Morgan fingerprint density at radius 3 is 2.82 bits per heavy atom. The Hall–Kier alpha value is -2.71. The summed E-state index contributed by atoms with van der Waals surface area (Å²) < 4.78 is 12.8. The van der Waals surface area contributed by atoms with E-state index in [-0.39, 0.29) is 0 Å². The van der Waals surface area contributed by atoms with Crippen molar-refractivity contribution in [3.05, 3.63) is 36.7 Å². The smallest absolute Gasteiger partial charge is 0.200 e. The zero-order chi connectivity index (χ0) is 19.1. The maximum absolute atomic E-state index is 5.80. The molecule has 0 bridgehead atoms. The highest BCUT2D eigenvalue weighted by Gasteiger charge is 2.34. The summed E-state index contributed by atoms with van der Waals surface area (Å²) in [4.78, 5) is 4.95. The van der Waals surface area contributed by atoms with Crippen molar-refractivity contribution in [2.45, 2.75) is 19.0 Å². The molecule has 2 aliphatic heterocycles. The van der Waals surface area contributed by atoms with Crippen molar-refractivity contribution in [2.24, 2.45) is 0 Å². The van der Waals surface area contributed by atoms with Gasteiger partial charge >= 0.3 is 0 Å². The number of benzene rings is 1. The van der Waals surface area contributed by atoms with Crippen LogP contribution in [-0.2, 0) is 4.74 Å². The maximum atomic E-state index is 5.80. The molecule has 8 heteroatoms. The zero-order valence-corrected chi connectivity index (χ0v) is 16.2. The average molecular weight is 380 g/mol. The van der Waals surface area contributed by atoms with Gasteiger partial charge in [0.1, 0.15) is 12.1 Å². The summed E-state index contributed by atoms with van der Waals surface area (Å²) in [6.45, 7) is 6.73. The summed E-state index contributed by atoms with van der Waals surface area (Å²) in [5.41, 5.74) is 3.78. The van der Waals surface area contributed by atoms with Gasteiger partial charge in [-0.05, 0) is 37.3 Å². The van der Waals surface area contributed by atoms with Crippen LogP contribution in [0.2, 0.25) is 0 Å². The van der Waals surface area contributed by atoms with Crippen LogP contribution >= 0.6 is 0 Å². The molecule has 1 aromatic carbocycles. The van der Waals surface area contributed by atoms with E-state index in [1.54, 1.807) is 18.0 Å². The summed E-state index contributed by atoms with van der Waals surface area (Å²) >= 11 is 0. The minimum atomic E-state index is 0.401. The fraction of sp³-hybridized carbons (Fsp3) is 0.450. The molecule has 0 spiro atoms. The topological polar surface area (TPSA) is 68.0 Å². The maximum Gasteiger partial charge on any atom is 0.200 e. The summed E-state index contributed by atoms with van der Waals surface area (Å²) in [7, 11) is 1.67. The Kier molecular flexibility index (Phi) is 4.37. The van der Waals surface area contributed by atoms with Gasteiger partial charge in [0.25, 0.3) is 0 Å². The van der Waals surface area contributed by atoms with Gasteiger partial charge < -0.3 is 14.4 Å². The fourth-order valence-electron chi connectivity index (χ4n) is 4.23. The first kappa shape index (κ1) is 17.4. The van der Waals surface area contributed by atoms with Crippen molar-refractivity contribution < 1.29 is 9.47 Å². The monoisotopic (exact) mass is 380 g/mol. The van der Waals surface area contributed by atoms with Gasteiger partial charge in [0.05, 0.1) is 37.7 Å². The van der Waals surface area contributed by atoms with E-state index >= 15 is 0 Å². The minimum Gasteiger partial charge on any atom is -0.497 e. The summed E-state index contributed by atoms with van der Waals surface area (Å²) in [6.07, 6.45) is 1.66. The number of methoxy groups -OCH3 is 1. The molecule has 2 atom stereocenters. The minimum absolute atomic E-state index is 0.401. The molecule has 3 aromatic rings. The van der Waals surface area contributed by atoms with Crippen molar-refractivity contribution in [1.29, 1.82) is 0 Å². The number of aromatic nitrogens is 4. The lowest BCUT2D eigenvalue weighted by Crippen LogP contribution is -2.61. The number of piperazine rings is 1. The third-order valence-corrected chi connectivity index (χ3v) is 5.74. The van der Waals surface area contributed by atoms with Crippen LogP contribution in [0.4, 0.5) is 5.69 Å². The molecule has 8 nitrogen and oxygen atoms in total. The highest BCUT2D eigenvalue weighted by Crippen LogP contribution is 2.30. The highest BCUT2D eigenvalue weighted by atomic mass is 16.5. The number of ether oxygens (including phenoxy) is 2. The van der Waals surface area contributed by atoms with Crippen LogP contribution < -0.4 is 9.64 Å². The first-order chi connectivity index (χ1) is 13.7. The lowest BCUT2D eigenvalue weighted by Gasteiger charge is -2.47. The molecule has 0 unspecified atom stereocenters. The van der Waals surface area contributed by atoms with Crippen molar-refractivity contribution in [3.8, 4) is 17.0 Å². The van der Waals surface area contributed by atoms with Crippen LogP contribution in [0, 0.1) is 0 Å². The Balaban J connectivity index is 1.51. The van der Waals surface area contributed by atoms with Gasteiger partial charge in [0.15, 0.2) is 0 Å². The number of rotatable bonds is 3. The van der Waals surface area contributed by atoms with Crippen molar-refractivity contribution in [1.82, 2.24) is 24.7 Å². The average Bonchev–Trinajstić information content (AvgIpc) is 3.22. The van der Waals surface area contributed by atoms with Crippen LogP contribution in [0.5, 0.6) is 5.75 Å². The molecular weight excluding hydrogens is 356 g/mol. The van der Waals surface area contributed by atoms with E-state index in [4.69, 9.17) is 14.6 Å². The fourth-order valence-corrected chi connectivity index (χ4v) is 4.23. The number of hydrogen-bond acceptors (Lipinski definition) is 7. The largest absolute Gasteiger partial charge is 0.497 e. The molecule has 0 radical (unpaired) electrons. The quantitative estimate of drug-likeness (QED) is 0.685. The van der Waals surface area contributed by atoms with Crippen LogP contribution in [0.25, 0.3) is 16.9 Å². The van der Waals surface area contributed by atoms with E-state index in [0.717, 1.165) is 61.2 Å². The SMILES string of the molecule is COc1ccc(-c2cc(N3CCN4[C@@H](COC[C@@H]4C)C3)c3nncn3n2)cc1. The van der Waals surface area contributed by atoms with Gasteiger partial charge in [-0.25, -0.2) is 0 Å². The van der Waals surface area contributed by atoms with Crippen molar-refractivity contribution in [3.63, 3.8) is 0 Å². The van der Waals surface area contributed by atoms with Crippen molar-refractivity contribution in [2.75, 3.05) is 44.9 Å². The number of morpholine rings is 1. The molecule has 0 amide bonds. The molecule has 2 saturated heterocycles. The van der Waals surface area contributed by atoms with E-state index in [9.17, 15) is 0 Å². The lowest BCUT2D eigenvalue weighted by molar-refractivity contribution is -0.0468. The Labute approximate surface area is 163 Å². The molecule has 0 N–H and O–H groups in total. The Morgan fingerprint density at radius 2 is 2.00 bits per heavy atom. The van der Waals surface area contributed by atoms with Crippen LogP contribution in [0.3, 0.4) is 0 Å². The lowest BCUT2D eigenvalue weighted by atomic mass is 10.1. The molecule has 146 valence electrons. The number of hydrogen-bond donors (Lipinski definition) is 0. The molecule has 2 aliphatic rings. The highest BCUT2D eigenvalue weighted by molar-refractivity contribution is 5.74. The summed E-state index contributed by atoms with van der Waals surface area (Å²) in [6, 6.07) is 10.9. The van der Waals surface area contributed by atoms with E-state index in [1.165, 1.54) is 0 Å². The second-order valence-corrected chi connectivity index (χ2v) is 7.47. The second kappa shape index (κ2) is 7.03. The Morgan fingerprint density at radius 1 is 1.14 bits per heavy atom. The molecule has 5 rings (SSSR count). The predicted molar refractivity (Wildman–Crippen MR) is 106 cm³/mol. The third kappa shape index (κ3) is 2.98. The number of fused-ring (bicyclic) bond motifs is 2.